The lowest BCUT2D eigenvalue weighted by atomic mass is 10.1. The maximum Gasteiger partial charge on any atom is 0.254 e. The number of hydrogen-bond donors (Lipinski definition) is 1. The van der Waals surface area contributed by atoms with Crippen LogP contribution in [0, 0.1) is 18.8 Å². The molecule has 1 fully saturated rings. The summed E-state index contributed by atoms with van der Waals surface area (Å²) in [6.07, 6.45) is 2.23. The minimum absolute atomic E-state index is 0.0840. The van der Waals surface area contributed by atoms with E-state index in [1.165, 1.54) is 0 Å². The molecule has 0 bridgehead atoms. The summed E-state index contributed by atoms with van der Waals surface area (Å²) < 4.78 is 0. The molecule has 0 aromatic heterocycles. The highest BCUT2D eigenvalue weighted by atomic mass is 16.2. The summed E-state index contributed by atoms with van der Waals surface area (Å²) in [7, 11) is 0. The van der Waals surface area contributed by atoms with Crippen molar-refractivity contribution < 1.29 is 9.90 Å². The molecule has 0 spiro atoms. The lowest BCUT2D eigenvalue weighted by molar-refractivity contribution is 0.0752. The molecule has 1 aromatic carbocycles. The van der Waals surface area contributed by atoms with Crippen molar-refractivity contribution >= 4 is 5.91 Å². The first kappa shape index (κ1) is 13.6. The third-order valence-electron chi connectivity index (χ3n) is 3.23. The molecule has 0 unspecified atom stereocenters. The first-order valence-corrected chi connectivity index (χ1v) is 6.68. The van der Waals surface area contributed by atoms with Gasteiger partial charge in [-0.1, -0.05) is 11.8 Å². The van der Waals surface area contributed by atoms with Gasteiger partial charge in [-0.05, 0) is 50.5 Å². The molecule has 1 N–H and O–H groups in total. The third-order valence-corrected chi connectivity index (χ3v) is 3.23. The van der Waals surface area contributed by atoms with Crippen LogP contribution in [-0.4, -0.2) is 35.1 Å². The highest BCUT2D eigenvalue weighted by Crippen LogP contribution is 2.28. The quantitative estimate of drug-likeness (QED) is 0.841. The Morgan fingerprint density at radius 2 is 2.16 bits per heavy atom. The van der Waals surface area contributed by atoms with Gasteiger partial charge in [0.25, 0.3) is 5.91 Å². The lowest BCUT2D eigenvalue weighted by Crippen LogP contribution is -2.32. The molecule has 100 valence electrons. The van der Waals surface area contributed by atoms with Crippen molar-refractivity contribution in [1.82, 2.24) is 4.90 Å². The Morgan fingerprint density at radius 3 is 2.74 bits per heavy atom. The van der Waals surface area contributed by atoms with E-state index in [-0.39, 0.29) is 12.5 Å². The van der Waals surface area contributed by atoms with Crippen LogP contribution >= 0.6 is 0 Å². The van der Waals surface area contributed by atoms with Crippen LogP contribution < -0.4 is 0 Å². The molecule has 1 aliphatic carbocycles. The number of amides is 1. The minimum Gasteiger partial charge on any atom is -0.384 e. The van der Waals surface area contributed by atoms with Crippen LogP contribution in [-0.2, 0) is 0 Å². The van der Waals surface area contributed by atoms with Gasteiger partial charge >= 0.3 is 0 Å². The number of aliphatic hydroxyl groups is 1. The Balaban J connectivity index is 2.27. The van der Waals surface area contributed by atoms with Gasteiger partial charge in [-0.2, -0.15) is 0 Å². The SMILES string of the molecule is CCN(C(=O)c1cc(C)cc(C#CCO)c1)C1CC1. The molecule has 3 nitrogen and oxygen atoms in total. The number of carbonyl (C=O) groups is 1. The standard InChI is InChI=1S/C16H19NO2/c1-3-17(15-6-7-15)16(19)14-10-12(2)9-13(11-14)5-4-8-18/h9-11,15,18H,3,6-8H2,1-2H3. The van der Waals surface area contributed by atoms with Gasteiger partial charge in [-0.15, -0.1) is 0 Å². The van der Waals surface area contributed by atoms with E-state index in [0.717, 1.165) is 30.5 Å². The van der Waals surface area contributed by atoms with E-state index in [0.29, 0.717) is 11.6 Å². The molecule has 1 aliphatic rings. The summed E-state index contributed by atoms with van der Waals surface area (Å²) in [4.78, 5) is 14.4. The molecule has 0 atom stereocenters. The first-order chi connectivity index (χ1) is 9.15. The van der Waals surface area contributed by atoms with E-state index in [9.17, 15) is 4.79 Å². The molecule has 19 heavy (non-hydrogen) atoms. The van der Waals surface area contributed by atoms with E-state index in [2.05, 4.69) is 11.8 Å². The summed E-state index contributed by atoms with van der Waals surface area (Å²) in [6, 6.07) is 6.05. The molecule has 2 rings (SSSR count). The molecular formula is C16H19NO2. The van der Waals surface area contributed by atoms with Gasteiger partial charge in [0, 0.05) is 23.7 Å². The zero-order chi connectivity index (χ0) is 13.8. The van der Waals surface area contributed by atoms with Crippen LogP contribution in [0.4, 0.5) is 0 Å². The van der Waals surface area contributed by atoms with Gasteiger partial charge in [0.05, 0.1) is 0 Å². The van der Waals surface area contributed by atoms with Crippen LogP contribution in [0.5, 0.6) is 0 Å². The van der Waals surface area contributed by atoms with Crippen molar-refractivity contribution in [3.05, 3.63) is 34.9 Å². The summed E-state index contributed by atoms with van der Waals surface area (Å²) in [5.74, 6) is 5.56. The van der Waals surface area contributed by atoms with Gasteiger partial charge in [-0.25, -0.2) is 0 Å². The number of aliphatic hydroxyl groups excluding tert-OH is 1. The van der Waals surface area contributed by atoms with Crippen LogP contribution in [0.1, 0.15) is 41.3 Å². The number of benzene rings is 1. The molecule has 0 aliphatic heterocycles. The van der Waals surface area contributed by atoms with E-state index in [4.69, 9.17) is 5.11 Å². The Labute approximate surface area is 114 Å². The molecule has 0 heterocycles. The van der Waals surface area contributed by atoms with Gasteiger partial charge < -0.3 is 10.0 Å². The molecule has 1 aromatic rings. The predicted molar refractivity (Wildman–Crippen MR) is 74.9 cm³/mol. The van der Waals surface area contributed by atoms with Gasteiger partial charge in [-0.3, -0.25) is 4.79 Å². The van der Waals surface area contributed by atoms with Crippen LogP contribution in [0.15, 0.2) is 18.2 Å². The maximum absolute atomic E-state index is 12.5. The molecule has 0 radical (unpaired) electrons. The summed E-state index contributed by atoms with van der Waals surface area (Å²) in [5.41, 5.74) is 2.49. The topological polar surface area (TPSA) is 40.5 Å². The highest BCUT2D eigenvalue weighted by Gasteiger charge is 2.31. The average Bonchev–Trinajstić information content (AvgIpc) is 3.21. The zero-order valence-corrected chi connectivity index (χ0v) is 11.4. The van der Waals surface area contributed by atoms with Gasteiger partial charge in [0.15, 0.2) is 0 Å². The smallest absolute Gasteiger partial charge is 0.254 e. The van der Waals surface area contributed by atoms with Crippen molar-refractivity contribution in [2.75, 3.05) is 13.2 Å². The van der Waals surface area contributed by atoms with Gasteiger partial charge in [0.1, 0.15) is 6.61 Å². The predicted octanol–water partition coefficient (Wildman–Crippen LogP) is 1.96. The van der Waals surface area contributed by atoms with E-state index in [1.54, 1.807) is 0 Å². The monoisotopic (exact) mass is 257 g/mol. The van der Waals surface area contributed by atoms with E-state index < -0.39 is 0 Å². The van der Waals surface area contributed by atoms with Gasteiger partial charge in [0.2, 0.25) is 0 Å². The number of nitrogens with zero attached hydrogens (tertiary/aromatic N) is 1. The molecule has 1 saturated carbocycles. The first-order valence-electron chi connectivity index (χ1n) is 6.68. The fraction of sp³-hybridized carbons (Fsp3) is 0.438. The van der Waals surface area contributed by atoms with Crippen molar-refractivity contribution in [2.45, 2.75) is 32.7 Å². The summed E-state index contributed by atoms with van der Waals surface area (Å²) in [5, 5.41) is 8.73. The summed E-state index contributed by atoms with van der Waals surface area (Å²) >= 11 is 0. The van der Waals surface area contributed by atoms with Crippen molar-refractivity contribution in [3.63, 3.8) is 0 Å². The Bertz CT molecular complexity index is 535. The number of carbonyl (C=O) groups excluding carboxylic acids is 1. The Kier molecular flexibility index (Phi) is 4.24. The average molecular weight is 257 g/mol. The number of rotatable bonds is 3. The second-order valence-corrected chi connectivity index (χ2v) is 4.87. The fourth-order valence-corrected chi connectivity index (χ4v) is 2.24. The van der Waals surface area contributed by atoms with Crippen molar-refractivity contribution in [2.24, 2.45) is 0 Å². The Morgan fingerprint density at radius 1 is 1.42 bits per heavy atom. The third kappa shape index (κ3) is 3.36. The second-order valence-electron chi connectivity index (χ2n) is 4.87. The van der Waals surface area contributed by atoms with Crippen LogP contribution in [0.3, 0.4) is 0 Å². The summed E-state index contributed by atoms with van der Waals surface area (Å²) in [6.45, 7) is 4.54. The van der Waals surface area contributed by atoms with Crippen molar-refractivity contribution in [3.8, 4) is 11.8 Å². The number of aryl methyl sites for hydroxylation is 1. The molecule has 1 amide bonds. The maximum atomic E-state index is 12.5. The zero-order valence-electron chi connectivity index (χ0n) is 11.4. The molecular weight excluding hydrogens is 238 g/mol. The van der Waals surface area contributed by atoms with Crippen LogP contribution in [0.25, 0.3) is 0 Å². The van der Waals surface area contributed by atoms with E-state index in [1.807, 2.05) is 36.9 Å². The highest BCUT2D eigenvalue weighted by molar-refractivity contribution is 5.95. The Hall–Kier alpha value is -1.79. The second kappa shape index (κ2) is 5.90. The normalized spacial score (nSPS) is 13.6. The fourth-order valence-electron chi connectivity index (χ4n) is 2.24. The minimum atomic E-state index is -0.166. The van der Waals surface area contributed by atoms with Crippen LogP contribution in [0.2, 0.25) is 0 Å². The largest absolute Gasteiger partial charge is 0.384 e. The number of hydrogen-bond acceptors (Lipinski definition) is 2. The van der Waals surface area contributed by atoms with E-state index >= 15 is 0 Å². The molecule has 3 heteroatoms. The lowest BCUT2D eigenvalue weighted by Gasteiger charge is -2.20. The van der Waals surface area contributed by atoms with Crippen molar-refractivity contribution in [1.29, 1.82) is 0 Å². The molecule has 0 saturated heterocycles.